The summed E-state index contributed by atoms with van der Waals surface area (Å²) in [5.74, 6) is 0.994. The van der Waals surface area contributed by atoms with Crippen LogP contribution in [0.4, 0.5) is 10.2 Å². The molecule has 1 heterocycles. The molecule has 3 rings (SSSR count). The minimum Gasteiger partial charge on any atom is -0.261 e. The number of aromatic nitrogens is 2. The molecule has 0 atom stereocenters. The molecule has 0 spiro atoms. The Labute approximate surface area is 140 Å². The van der Waals surface area contributed by atoms with E-state index in [0.717, 1.165) is 22.5 Å². The van der Waals surface area contributed by atoms with E-state index >= 15 is 0 Å². The lowest BCUT2D eigenvalue weighted by Crippen LogP contribution is -2.03. The summed E-state index contributed by atoms with van der Waals surface area (Å²) in [4.78, 5) is 8.95. The molecule has 2 aromatic carbocycles. The van der Waals surface area contributed by atoms with Crippen LogP contribution in [0, 0.1) is 12.7 Å². The van der Waals surface area contributed by atoms with Crippen LogP contribution >= 0.6 is 0 Å². The fourth-order valence-corrected chi connectivity index (χ4v) is 2.24. The van der Waals surface area contributed by atoms with Gasteiger partial charge in [0, 0.05) is 17.3 Å². The largest absolute Gasteiger partial charge is 0.261 e. The summed E-state index contributed by atoms with van der Waals surface area (Å²) in [6.45, 7) is 3.77. The summed E-state index contributed by atoms with van der Waals surface area (Å²) in [6.07, 6.45) is 0. The molecule has 0 aliphatic rings. The van der Waals surface area contributed by atoms with Crippen LogP contribution in [0.5, 0.6) is 0 Å². The molecule has 4 nitrogen and oxygen atoms in total. The van der Waals surface area contributed by atoms with Crippen LogP contribution in [-0.2, 0) is 0 Å². The van der Waals surface area contributed by atoms with Gasteiger partial charge in [0.15, 0.2) is 11.6 Å². The van der Waals surface area contributed by atoms with Crippen molar-refractivity contribution in [3.63, 3.8) is 0 Å². The number of hydrogen-bond acceptors (Lipinski definition) is 4. The Morgan fingerprint density at radius 2 is 1.71 bits per heavy atom. The standard InChI is InChI=1S/C19H17FN4/c1-13-12-18(22-19(21-13)16-6-4-3-5-7-16)24-23-14(2)15-8-10-17(20)11-9-15/h3-12H,1-2H3,(H,21,22,24). The van der Waals surface area contributed by atoms with Gasteiger partial charge in [-0.1, -0.05) is 42.5 Å². The zero-order valence-electron chi connectivity index (χ0n) is 13.5. The molecular weight excluding hydrogens is 303 g/mol. The summed E-state index contributed by atoms with van der Waals surface area (Å²) in [5.41, 5.74) is 6.34. The molecule has 1 N–H and O–H groups in total. The molecule has 0 amide bonds. The van der Waals surface area contributed by atoms with E-state index in [2.05, 4.69) is 20.5 Å². The highest BCUT2D eigenvalue weighted by Crippen LogP contribution is 2.17. The van der Waals surface area contributed by atoms with E-state index in [4.69, 9.17) is 0 Å². The van der Waals surface area contributed by atoms with Crippen LogP contribution in [0.25, 0.3) is 11.4 Å². The number of hydrazone groups is 1. The average molecular weight is 320 g/mol. The van der Waals surface area contributed by atoms with E-state index in [9.17, 15) is 4.39 Å². The van der Waals surface area contributed by atoms with E-state index in [1.165, 1.54) is 12.1 Å². The molecule has 0 saturated heterocycles. The zero-order valence-corrected chi connectivity index (χ0v) is 13.5. The van der Waals surface area contributed by atoms with Crippen LogP contribution in [0.2, 0.25) is 0 Å². The summed E-state index contributed by atoms with van der Waals surface area (Å²) in [6, 6.07) is 17.8. The molecule has 120 valence electrons. The van der Waals surface area contributed by atoms with Gasteiger partial charge in [-0.05, 0) is 31.5 Å². The Hall–Kier alpha value is -3.08. The molecule has 0 aliphatic carbocycles. The van der Waals surface area contributed by atoms with Gasteiger partial charge in [0.05, 0.1) is 5.71 Å². The predicted octanol–water partition coefficient (Wildman–Crippen LogP) is 4.43. The normalized spacial score (nSPS) is 11.4. The van der Waals surface area contributed by atoms with Crippen LogP contribution < -0.4 is 5.43 Å². The molecule has 3 aromatic rings. The Morgan fingerprint density at radius 1 is 1.00 bits per heavy atom. The highest BCUT2D eigenvalue weighted by Gasteiger charge is 2.05. The minimum atomic E-state index is -0.265. The van der Waals surface area contributed by atoms with Gasteiger partial charge in [-0.15, -0.1) is 0 Å². The number of benzene rings is 2. The van der Waals surface area contributed by atoms with E-state index in [-0.39, 0.29) is 5.82 Å². The molecule has 0 radical (unpaired) electrons. The third kappa shape index (κ3) is 3.81. The second-order valence-electron chi connectivity index (χ2n) is 5.40. The quantitative estimate of drug-likeness (QED) is 0.571. The lowest BCUT2D eigenvalue weighted by Gasteiger charge is -2.07. The maximum absolute atomic E-state index is 13.0. The maximum atomic E-state index is 13.0. The van der Waals surface area contributed by atoms with Crippen LogP contribution in [0.3, 0.4) is 0 Å². The lowest BCUT2D eigenvalue weighted by atomic mass is 10.1. The van der Waals surface area contributed by atoms with Gasteiger partial charge in [-0.3, -0.25) is 5.43 Å². The molecular formula is C19H17FN4. The van der Waals surface area contributed by atoms with Gasteiger partial charge in [0.2, 0.25) is 0 Å². The Kier molecular flexibility index (Phi) is 4.61. The first-order valence-electron chi connectivity index (χ1n) is 7.59. The van der Waals surface area contributed by atoms with Gasteiger partial charge in [-0.2, -0.15) is 5.10 Å². The molecule has 0 aliphatic heterocycles. The van der Waals surface area contributed by atoms with Crippen molar-refractivity contribution in [2.45, 2.75) is 13.8 Å². The molecule has 0 saturated carbocycles. The highest BCUT2D eigenvalue weighted by molar-refractivity contribution is 5.99. The lowest BCUT2D eigenvalue weighted by molar-refractivity contribution is 0.628. The Balaban J connectivity index is 1.84. The first-order valence-corrected chi connectivity index (χ1v) is 7.59. The third-order valence-electron chi connectivity index (χ3n) is 3.49. The van der Waals surface area contributed by atoms with Crippen molar-refractivity contribution >= 4 is 11.5 Å². The van der Waals surface area contributed by atoms with Gasteiger partial charge in [0.25, 0.3) is 0 Å². The second kappa shape index (κ2) is 7.00. The molecule has 0 unspecified atom stereocenters. The van der Waals surface area contributed by atoms with Crippen LogP contribution in [0.15, 0.2) is 65.8 Å². The summed E-state index contributed by atoms with van der Waals surface area (Å²) in [5, 5.41) is 4.32. The van der Waals surface area contributed by atoms with Crippen LogP contribution in [-0.4, -0.2) is 15.7 Å². The molecule has 1 aromatic heterocycles. The number of anilines is 1. The maximum Gasteiger partial charge on any atom is 0.161 e. The number of aryl methyl sites for hydroxylation is 1. The zero-order chi connectivity index (χ0) is 16.9. The molecule has 0 bridgehead atoms. The van der Waals surface area contributed by atoms with Gasteiger partial charge in [0.1, 0.15) is 5.82 Å². The van der Waals surface area contributed by atoms with Gasteiger partial charge in [-0.25, -0.2) is 14.4 Å². The van der Waals surface area contributed by atoms with E-state index < -0.39 is 0 Å². The number of hydrogen-bond donors (Lipinski definition) is 1. The fraction of sp³-hybridized carbons (Fsp3) is 0.105. The number of nitrogens with one attached hydrogen (secondary N) is 1. The van der Waals surface area contributed by atoms with E-state index in [0.29, 0.717) is 11.6 Å². The minimum absolute atomic E-state index is 0.265. The monoisotopic (exact) mass is 320 g/mol. The Bertz CT molecular complexity index is 858. The SMILES string of the molecule is CC(=NNc1cc(C)nc(-c2ccccc2)n1)c1ccc(F)cc1. The molecule has 0 fully saturated rings. The van der Waals surface area contributed by atoms with Crippen molar-refractivity contribution in [2.75, 3.05) is 5.43 Å². The first kappa shape index (κ1) is 15.8. The van der Waals surface area contributed by atoms with Crippen LogP contribution in [0.1, 0.15) is 18.2 Å². The van der Waals surface area contributed by atoms with Crippen molar-refractivity contribution in [2.24, 2.45) is 5.10 Å². The van der Waals surface area contributed by atoms with Crippen molar-refractivity contribution in [1.29, 1.82) is 0 Å². The summed E-state index contributed by atoms with van der Waals surface area (Å²) in [7, 11) is 0. The summed E-state index contributed by atoms with van der Waals surface area (Å²) < 4.78 is 13.0. The van der Waals surface area contributed by atoms with Crippen molar-refractivity contribution in [3.05, 3.63) is 77.7 Å². The highest BCUT2D eigenvalue weighted by atomic mass is 19.1. The predicted molar refractivity (Wildman–Crippen MR) is 94.4 cm³/mol. The van der Waals surface area contributed by atoms with Crippen molar-refractivity contribution < 1.29 is 4.39 Å². The second-order valence-corrected chi connectivity index (χ2v) is 5.40. The number of rotatable bonds is 4. The van der Waals surface area contributed by atoms with Crippen molar-refractivity contribution in [1.82, 2.24) is 9.97 Å². The topological polar surface area (TPSA) is 50.2 Å². The van der Waals surface area contributed by atoms with Gasteiger partial charge < -0.3 is 0 Å². The van der Waals surface area contributed by atoms with E-state index in [1.807, 2.05) is 50.2 Å². The molecule has 5 heteroatoms. The number of nitrogens with zero attached hydrogens (tertiary/aromatic N) is 3. The number of halogens is 1. The third-order valence-corrected chi connectivity index (χ3v) is 3.49. The summed E-state index contributed by atoms with van der Waals surface area (Å²) >= 11 is 0. The average Bonchev–Trinajstić information content (AvgIpc) is 2.60. The first-order chi connectivity index (χ1) is 11.6. The smallest absolute Gasteiger partial charge is 0.161 e. The van der Waals surface area contributed by atoms with Crippen molar-refractivity contribution in [3.8, 4) is 11.4 Å². The fourth-order valence-electron chi connectivity index (χ4n) is 2.24. The Morgan fingerprint density at radius 3 is 2.42 bits per heavy atom. The molecule has 24 heavy (non-hydrogen) atoms. The van der Waals surface area contributed by atoms with Gasteiger partial charge >= 0.3 is 0 Å². The van der Waals surface area contributed by atoms with E-state index in [1.54, 1.807) is 12.1 Å².